The van der Waals surface area contributed by atoms with Crippen LogP contribution in [0.5, 0.6) is 0 Å². The number of hydrogen-bond donors (Lipinski definition) is 3. The maximum absolute atomic E-state index is 12.1. The molecule has 0 spiro atoms. The zero-order valence-electron chi connectivity index (χ0n) is 15.8. The fourth-order valence-corrected chi connectivity index (χ4v) is 5.83. The van der Waals surface area contributed by atoms with Crippen LogP contribution in [0.1, 0.15) is 12.6 Å². The Hall–Kier alpha value is -1.52. The van der Waals surface area contributed by atoms with E-state index in [0.29, 0.717) is 0 Å². The van der Waals surface area contributed by atoms with Gasteiger partial charge in [-0.2, -0.15) is 0 Å². The van der Waals surface area contributed by atoms with Crippen LogP contribution in [0.4, 0.5) is 5.95 Å². The standard InChI is InChI=1S/C11H18N5O13P3/c1-15-4-16(9-8(15)10(18)14-11(12)13-9)7-2-5(17)6(27-7)3-26-31(22,23)29-32(24,25)28-30(19,20)21/h4-7,17H,2-3H2,1H3,(H6-,12,13,14,18,19,20,21,22,23,24,25)/p-3. The van der Waals surface area contributed by atoms with E-state index in [-0.39, 0.29) is 23.5 Å². The highest BCUT2D eigenvalue weighted by Gasteiger charge is 2.40. The number of aromatic nitrogens is 4. The number of fused-ring (bicyclic) bond motifs is 1. The summed E-state index contributed by atoms with van der Waals surface area (Å²) in [6, 6.07) is 0. The number of rotatable bonds is 8. The van der Waals surface area contributed by atoms with Crippen LogP contribution in [0.2, 0.25) is 0 Å². The molecule has 4 N–H and O–H groups in total. The predicted octanol–water partition coefficient (Wildman–Crippen LogP) is -4.40. The average Bonchev–Trinajstić information content (AvgIpc) is 3.09. The Morgan fingerprint density at radius 2 is 1.97 bits per heavy atom. The molecule has 32 heavy (non-hydrogen) atoms. The summed E-state index contributed by atoms with van der Waals surface area (Å²) >= 11 is 0. The Morgan fingerprint density at radius 1 is 1.31 bits per heavy atom. The summed E-state index contributed by atoms with van der Waals surface area (Å²) in [5, 5.41) is 10.2. The van der Waals surface area contributed by atoms with Crippen molar-refractivity contribution >= 4 is 40.6 Å². The van der Waals surface area contributed by atoms with Crippen molar-refractivity contribution in [3.05, 3.63) is 16.7 Å². The van der Waals surface area contributed by atoms with Crippen molar-refractivity contribution in [1.82, 2.24) is 14.5 Å². The zero-order valence-corrected chi connectivity index (χ0v) is 18.5. The van der Waals surface area contributed by atoms with Crippen LogP contribution in [0.25, 0.3) is 11.2 Å². The first-order valence-electron chi connectivity index (χ1n) is 8.38. The highest BCUT2D eigenvalue weighted by Crippen LogP contribution is 2.60. The van der Waals surface area contributed by atoms with Crippen LogP contribution in [0, 0.1) is 0 Å². The second-order valence-electron chi connectivity index (χ2n) is 6.49. The minimum Gasteiger partial charge on any atom is -0.790 e. The minimum atomic E-state index is -6.12. The van der Waals surface area contributed by atoms with E-state index >= 15 is 0 Å². The molecular weight excluding hydrogens is 503 g/mol. The molecule has 1 fully saturated rings. The van der Waals surface area contributed by atoms with E-state index in [1.54, 1.807) is 0 Å². The second-order valence-corrected chi connectivity index (χ2v) is 10.7. The zero-order chi connectivity index (χ0) is 24.1. The lowest BCUT2D eigenvalue weighted by molar-refractivity contribution is -0.739. The topological polar surface area (TPSA) is 281 Å². The minimum absolute atomic E-state index is 0.106. The molecule has 1 saturated heterocycles. The van der Waals surface area contributed by atoms with Gasteiger partial charge in [-0.05, 0) is 0 Å². The number of hydrogen-bond acceptors (Lipinski definition) is 15. The highest BCUT2D eigenvalue weighted by molar-refractivity contribution is 7.64. The van der Waals surface area contributed by atoms with Crippen LogP contribution in [0.3, 0.4) is 0 Å². The van der Waals surface area contributed by atoms with Gasteiger partial charge in [-0.3, -0.25) is 27.8 Å². The molecule has 1 aliphatic heterocycles. The molecule has 0 saturated carbocycles. The molecule has 21 heteroatoms. The van der Waals surface area contributed by atoms with Gasteiger partial charge in [0.05, 0.1) is 27.6 Å². The van der Waals surface area contributed by atoms with Gasteiger partial charge in [-0.15, -0.1) is 0 Å². The smallest absolute Gasteiger partial charge is 0.313 e. The van der Waals surface area contributed by atoms with Crippen LogP contribution in [-0.2, 0) is 38.6 Å². The number of anilines is 1. The van der Waals surface area contributed by atoms with Gasteiger partial charge >= 0.3 is 5.65 Å². The molecule has 0 radical (unpaired) electrons. The van der Waals surface area contributed by atoms with Crippen LogP contribution in [-0.4, -0.2) is 38.5 Å². The van der Waals surface area contributed by atoms with Gasteiger partial charge in [0.2, 0.25) is 5.52 Å². The summed E-state index contributed by atoms with van der Waals surface area (Å²) < 4.78 is 52.2. The first-order valence-corrected chi connectivity index (χ1v) is 12.8. The Kier molecular flexibility index (Phi) is 6.81. The lowest BCUT2D eigenvalue weighted by Crippen LogP contribution is -2.39. The van der Waals surface area contributed by atoms with Crippen molar-refractivity contribution in [2.24, 2.45) is 7.05 Å². The van der Waals surface area contributed by atoms with E-state index in [1.165, 1.54) is 22.5 Å². The largest absolute Gasteiger partial charge is 0.790 e. The van der Waals surface area contributed by atoms with Crippen molar-refractivity contribution < 1.29 is 60.8 Å². The molecule has 0 aliphatic carbocycles. The third-order valence-electron chi connectivity index (χ3n) is 4.10. The Morgan fingerprint density at radius 3 is 2.59 bits per heavy atom. The summed E-state index contributed by atoms with van der Waals surface area (Å²) in [5.41, 5.74) is 5.25. The van der Waals surface area contributed by atoms with Gasteiger partial charge in [-0.1, -0.05) is 4.98 Å². The highest BCUT2D eigenvalue weighted by atomic mass is 31.3. The summed E-state index contributed by atoms with van der Waals surface area (Å²) in [5.74, 6) is -0.185. The molecule has 0 aromatic carbocycles. The third kappa shape index (κ3) is 5.88. The fourth-order valence-electron chi connectivity index (χ4n) is 2.96. The van der Waals surface area contributed by atoms with Crippen molar-refractivity contribution in [1.29, 1.82) is 0 Å². The summed E-state index contributed by atoms with van der Waals surface area (Å²) in [6.45, 7) is -0.952. The van der Waals surface area contributed by atoms with E-state index in [1.807, 2.05) is 0 Å². The average molecular weight is 518 g/mol. The van der Waals surface area contributed by atoms with Gasteiger partial charge in [0, 0.05) is 6.42 Å². The molecule has 3 heterocycles. The van der Waals surface area contributed by atoms with E-state index < -0.39 is 54.1 Å². The van der Waals surface area contributed by atoms with Crippen molar-refractivity contribution in [3.63, 3.8) is 0 Å². The predicted molar refractivity (Wildman–Crippen MR) is 91.4 cm³/mol. The van der Waals surface area contributed by atoms with Gasteiger partial charge in [0.1, 0.15) is 6.10 Å². The van der Waals surface area contributed by atoms with Gasteiger partial charge in [-0.25, -0.2) is 8.88 Å². The molecule has 5 unspecified atom stereocenters. The van der Waals surface area contributed by atoms with Crippen LogP contribution >= 0.6 is 23.5 Å². The monoisotopic (exact) mass is 518 g/mol. The molecule has 2 aromatic rings. The number of nitrogens with one attached hydrogen (secondary N) is 1. The van der Waals surface area contributed by atoms with Gasteiger partial charge in [0.25, 0.3) is 27.2 Å². The Balaban J connectivity index is 1.71. The van der Waals surface area contributed by atoms with Crippen molar-refractivity contribution in [3.8, 4) is 0 Å². The third-order valence-corrected chi connectivity index (χ3v) is 7.77. The SMILES string of the molecule is Cn1c[n+](C2CC(O)C(COP(=O)([O-])OP(=O)([O-])OP(=O)([O-])[O-])O2)c2nc(N)[nH]c(=O)c21. The van der Waals surface area contributed by atoms with Gasteiger partial charge in [0.15, 0.2) is 12.6 Å². The van der Waals surface area contributed by atoms with E-state index in [0.717, 1.165) is 0 Å². The molecule has 0 bridgehead atoms. The summed E-state index contributed by atoms with van der Waals surface area (Å²) in [4.78, 5) is 61.8. The Labute approximate surface area is 177 Å². The van der Waals surface area contributed by atoms with Gasteiger partial charge < -0.3 is 44.2 Å². The first kappa shape index (κ1) is 25.1. The van der Waals surface area contributed by atoms with E-state index in [2.05, 4.69) is 23.1 Å². The van der Waals surface area contributed by atoms with Crippen molar-refractivity contribution in [2.75, 3.05) is 12.3 Å². The number of ether oxygens (including phenoxy) is 1. The quantitative estimate of drug-likeness (QED) is 0.220. The van der Waals surface area contributed by atoms with E-state index in [9.17, 15) is 43.2 Å². The van der Waals surface area contributed by atoms with E-state index in [4.69, 9.17) is 10.5 Å². The second kappa shape index (κ2) is 8.68. The lowest BCUT2D eigenvalue weighted by Gasteiger charge is -2.37. The van der Waals surface area contributed by atoms with Crippen LogP contribution < -0.4 is 35.4 Å². The normalized spacial score (nSPS) is 25.6. The Bertz CT molecular complexity index is 1220. The van der Waals surface area contributed by atoms with Crippen molar-refractivity contribution in [2.45, 2.75) is 24.9 Å². The molecule has 180 valence electrons. The number of aliphatic hydroxyl groups excluding tert-OH is 1. The summed E-state index contributed by atoms with van der Waals surface area (Å²) in [6.07, 6.45) is -2.30. The fraction of sp³-hybridized carbons (Fsp3) is 0.545. The number of aliphatic hydroxyl groups is 1. The number of phosphoric acid groups is 3. The molecule has 3 rings (SSSR count). The number of phosphoric ester groups is 1. The molecular formula is C11H15N5O13P3-3. The molecule has 5 atom stereocenters. The first-order chi connectivity index (χ1) is 14.6. The molecule has 1 aliphatic rings. The summed E-state index contributed by atoms with van der Waals surface area (Å²) in [7, 11) is -16.4. The number of aromatic amines is 1. The maximum Gasteiger partial charge on any atom is 0.313 e. The lowest BCUT2D eigenvalue weighted by atomic mass is 10.2. The molecule has 0 amide bonds. The molecule has 2 aromatic heterocycles. The van der Waals surface area contributed by atoms with Crippen LogP contribution in [0.15, 0.2) is 11.1 Å². The molecule has 18 nitrogen and oxygen atoms in total. The number of aryl methyl sites for hydroxylation is 1. The number of nitrogen functional groups attached to an aromatic ring is 1. The number of nitrogens with zero attached hydrogens (tertiary/aromatic N) is 3. The number of H-pyrrole nitrogens is 1. The number of nitrogens with two attached hydrogens (primary N) is 1. The number of imidazole rings is 1. The maximum atomic E-state index is 12.1.